The summed E-state index contributed by atoms with van der Waals surface area (Å²) < 4.78 is 0. The van der Waals surface area contributed by atoms with Crippen LogP contribution in [0.1, 0.15) is 115 Å². The fourth-order valence-electron chi connectivity index (χ4n) is 12.2. The van der Waals surface area contributed by atoms with E-state index in [2.05, 4.69) is 104 Å². The van der Waals surface area contributed by atoms with E-state index in [0.717, 1.165) is 13.8 Å². The Morgan fingerprint density at radius 3 is 1.17 bits per heavy atom. The molecule has 0 unspecified atom stereocenters. The first-order chi connectivity index (χ1) is 56.7. The molecule has 27 N–H and O–H groups in total. The topological polar surface area (TPSA) is 697 Å². The number of aliphatic hydroxyl groups is 1. The molecule has 0 aliphatic carbocycles. The van der Waals surface area contributed by atoms with Gasteiger partial charge in [0, 0.05) is 97.6 Å². The highest BCUT2D eigenvalue weighted by atomic mass is 32.1. The fourth-order valence-corrected chi connectivity index (χ4v) is 12.7. The van der Waals surface area contributed by atoms with Crippen LogP contribution in [0.4, 0.5) is 0 Å². The van der Waals surface area contributed by atoms with Crippen molar-refractivity contribution in [1.29, 1.82) is 0 Å². The number of primary amides is 4. The number of aliphatic carboxylic acids is 2. The zero-order chi connectivity index (χ0) is 89.2. The number of phenols is 1. The van der Waals surface area contributed by atoms with Gasteiger partial charge in [-0.05, 0) is 92.3 Å². The number of carboxylic acids is 2. The highest BCUT2D eigenvalue weighted by Crippen LogP contribution is 2.23. The van der Waals surface area contributed by atoms with E-state index in [-0.39, 0.29) is 43.1 Å². The smallest absolute Gasteiger partial charge is 0.303 e. The minimum absolute atomic E-state index is 0.180. The third-order valence-corrected chi connectivity index (χ3v) is 19.3. The average molecular weight is 1710 g/mol. The summed E-state index contributed by atoms with van der Waals surface area (Å²) in [4.78, 5) is 261. The van der Waals surface area contributed by atoms with E-state index in [9.17, 15) is 96.8 Å². The third-order valence-electron chi connectivity index (χ3n) is 18.6. The number of H-pyrrole nitrogens is 2. The lowest BCUT2D eigenvalue weighted by Crippen LogP contribution is -2.62. The van der Waals surface area contributed by atoms with Crippen molar-refractivity contribution in [3.05, 3.63) is 102 Å². The van der Waals surface area contributed by atoms with Crippen molar-refractivity contribution in [3.63, 3.8) is 0 Å². The van der Waals surface area contributed by atoms with E-state index in [4.69, 9.17) is 28.0 Å². The predicted octanol–water partition coefficient (Wildman–Crippen LogP) is -5.37. The first-order valence-electron chi connectivity index (χ1n) is 37.9. The maximum absolute atomic E-state index is 15.2. The van der Waals surface area contributed by atoms with Crippen LogP contribution < -0.4 is 92.1 Å². The second-order valence-corrected chi connectivity index (χ2v) is 29.4. The summed E-state index contributed by atoms with van der Waals surface area (Å²) in [5, 5.41) is 72.6. The van der Waals surface area contributed by atoms with Gasteiger partial charge in [-0.2, -0.15) is 25.3 Å². The number of carbonyl (C=O) groups excluding carboxylic acids is 17. The van der Waals surface area contributed by atoms with Gasteiger partial charge < -0.3 is 122 Å². The molecule has 2 heterocycles. The van der Waals surface area contributed by atoms with Gasteiger partial charge in [0.25, 0.3) is 0 Å². The van der Waals surface area contributed by atoms with Crippen LogP contribution in [0.15, 0.2) is 85.2 Å². The van der Waals surface area contributed by atoms with Crippen LogP contribution in [-0.4, -0.2) is 239 Å². The SMILES string of the molecule is CC(=O)N[C@@H](CS)C(=O)N[C@@H](CCC(N)=O)C(=O)N[C@H](C(=O)N[C@@H](Cc1c[nH]c2ccccc12)C(=O)N[C@@H](CCC(N)=O)C(=O)N[C@@H](CS)C(=O)N[C@@H](Cc1ccc(O)cc1)C(=O)N[C@@H](Cc1c[nH]c2ccccc12)C(=O)N[C@@H](CCC(C)C)C(=O)N[C@@H](CCC(=O)O)C(=O)N[C@@H](CC(N)=O)C(=O)NCC(=O)N[C@H](CCC(=O)O)C(N)=O)[C@@H](C)O. The Kier molecular flexibility index (Phi) is 39.2. The molecule has 17 amide bonds. The van der Waals surface area contributed by atoms with Crippen molar-refractivity contribution in [2.45, 2.75) is 196 Å². The van der Waals surface area contributed by atoms with E-state index < -0.39 is 267 Å². The number of aromatic amines is 2. The number of carboxylic acid groups (broad SMARTS) is 2. The highest BCUT2D eigenvalue weighted by Gasteiger charge is 2.39. The maximum Gasteiger partial charge on any atom is 0.303 e. The van der Waals surface area contributed by atoms with Gasteiger partial charge in [0.05, 0.1) is 19.1 Å². The Hall–Kier alpha value is -12.9. The molecule has 2 aromatic heterocycles. The molecule has 652 valence electrons. The number of para-hydroxylation sites is 2. The standard InChI is InChI=1S/C76H103N19O23S2/c1-36(2)13-18-48(67(109)86-51(22-26-63(105)106)68(110)92-55(30-60(79)101)66(108)83-33-61(102)85-47(65(80)107)21-25-62(103)104)87-72(114)53(28-40-31-81-45-11-7-5-9-43(40)45)91-71(113)52(27-39-14-16-42(98)17-15-39)90-75(117)57(35-120)94-69(111)49(19-23-58(77)99)88-73(115)54(29-41-32-82-46-12-8-6-10-44(41)46)93-76(118)64(37(3)96)95-70(112)50(20-24-59(78)100)89-74(116)56(34-119)84-38(4)97/h5-12,14-17,31-32,36-37,47-57,64,81-82,96,98,119-120H,13,18-30,33-35H2,1-4H3,(H2,77,99)(H2,78,100)(H2,79,101)(H2,80,107)(H,83,108)(H,84,97)(H,85,102)(H,86,109)(H,87,114)(H,88,115)(H,89,116)(H,90,117)(H,91,113)(H,92,110)(H,93,118)(H,94,111)(H,95,112)(H,103,104)(H,105,106)/t37-,47-,48+,49+,50+,51+,52+,53+,54+,55+,56+,57+,64+/m1/s1. The van der Waals surface area contributed by atoms with E-state index >= 15 is 9.59 Å². The molecule has 0 fully saturated rings. The fraction of sp³-hybridized carbons (Fsp3) is 0.461. The number of benzene rings is 3. The summed E-state index contributed by atoms with van der Waals surface area (Å²) in [6.45, 7) is 4.84. The first-order valence-corrected chi connectivity index (χ1v) is 39.2. The number of aromatic nitrogens is 2. The molecule has 0 saturated heterocycles. The van der Waals surface area contributed by atoms with Crippen molar-refractivity contribution < 1.29 is 112 Å². The molecule has 3 aromatic carbocycles. The number of aliphatic hydroxyl groups excluding tert-OH is 1. The lowest BCUT2D eigenvalue weighted by atomic mass is 9.99. The number of phenolic OH excluding ortho intramolecular Hbond substituents is 1. The van der Waals surface area contributed by atoms with Gasteiger partial charge >= 0.3 is 11.9 Å². The zero-order valence-electron chi connectivity index (χ0n) is 65.9. The number of fused-ring (bicyclic) bond motifs is 2. The van der Waals surface area contributed by atoms with Gasteiger partial charge in [0.15, 0.2) is 0 Å². The zero-order valence-corrected chi connectivity index (χ0v) is 67.7. The van der Waals surface area contributed by atoms with Gasteiger partial charge in [0.1, 0.15) is 78.3 Å². The first kappa shape index (κ1) is 97.7. The van der Waals surface area contributed by atoms with Crippen molar-refractivity contribution in [3.8, 4) is 5.75 Å². The minimum atomic E-state index is -1.93. The molecule has 0 saturated carbocycles. The number of thiol groups is 2. The number of amides is 17. The van der Waals surface area contributed by atoms with Crippen molar-refractivity contribution in [2.24, 2.45) is 28.9 Å². The van der Waals surface area contributed by atoms with Crippen molar-refractivity contribution >= 4 is 159 Å². The lowest BCUT2D eigenvalue weighted by molar-refractivity contribution is -0.139. The molecule has 0 aliphatic heterocycles. The second kappa shape index (κ2) is 48.1. The number of nitrogens with two attached hydrogens (primary N) is 4. The van der Waals surface area contributed by atoms with Crippen molar-refractivity contribution in [2.75, 3.05) is 18.1 Å². The molecule has 5 aromatic rings. The monoisotopic (exact) mass is 1710 g/mol. The second-order valence-electron chi connectivity index (χ2n) is 28.7. The summed E-state index contributed by atoms with van der Waals surface area (Å²) in [6.07, 6.45) is -5.35. The number of hydrogen-bond donors (Lipinski definition) is 25. The predicted molar refractivity (Wildman–Crippen MR) is 435 cm³/mol. The van der Waals surface area contributed by atoms with Crippen LogP contribution in [0.25, 0.3) is 21.8 Å². The molecule has 5 rings (SSSR count). The summed E-state index contributed by atoms with van der Waals surface area (Å²) in [5.74, 6) is -22.2. The number of hydrogen-bond acceptors (Lipinski definition) is 23. The van der Waals surface area contributed by atoms with Crippen LogP contribution in [-0.2, 0) is 110 Å². The number of rotatable bonds is 52. The van der Waals surface area contributed by atoms with Crippen LogP contribution in [0, 0.1) is 5.92 Å². The van der Waals surface area contributed by atoms with Gasteiger partial charge in [-0.1, -0.05) is 62.4 Å². The molecular weight excluding hydrogens is 1610 g/mol. The Morgan fingerprint density at radius 2 is 0.758 bits per heavy atom. The lowest BCUT2D eigenvalue weighted by Gasteiger charge is -2.29. The molecule has 42 nitrogen and oxygen atoms in total. The van der Waals surface area contributed by atoms with Gasteiger partial charge in [-0.3, -0.25) is 91.1 Å². The van der Waals surface area contributed by atoms with Crippen LogP contribution in [0.2, 0.25) is 0 Å². The van der Waals surface area contributed by atoms with Gasteiger partial charge in [0.2, 0.25) is 100 Å². The van der Waals surface area contributed by atoms with Gasteiger partial charge in [-0.15, -0.1) is 0 Å². The Labute approximate surface area is 697 Å². The molecular formula is C76H103N19O23S2. The summed E-state index contributed by atoms with van der Waals surface area (Å²) >= 11 is 8.44. The van der Waals surface area contributed by atoms with Crippen LogP contribution in [0.5, 0.6) is 5.75 Å². The summed E-state index contributed by atoms with van der Waals surface area (Å²) in [7, 11) is 0. The molecule has 0 aliphatic rings. The summed E-state index contributed by atoms with van der Waals surface area (Å²) in [6, 6.07) is -1.51. The number of aromatic hydroxyl groups is 1. The summed E-state index contributed by atoms with van der Waals surface area (Å²) in [5.41, 5.74) is 23.9. The third kappa shape index (κ3) is 32.6. The quantitative estimate of drug-likeness (QED) is 0.0162. The Morgan fingerprint density at radius 1 is 0.392 bits per heavy atom. The van der Waals surface area contributed by atoms with Crippen LogP contribution >= 0.6 is 25.3 Å². The molecule has 0 bridgehead atoms. The average Bonchev–Trinajstić information content (AvgIpc) is 1.64. The largest absolute Gasteiger partial charge is 0.508 e. The van der Waals surface area contributed by atoms with Crippen LogP contribution in [0.3, 0.4) is 0 Å². The van der Waals surface area contributed by atoms with E-state index in [1.807, 2.05) is 0 Å². The van der Waals surface area contributed by atoms with E-state index in [0.29, 0.717) is 38.5 Å². The molecule has 0 radical (unpaired) electrons. The minimum Gasteiger partial charge on any atom is -0.508 e. The van der Waals surface area contributed by atoms with Gasteiger partial charge in [-0.25, -0.2) is 0 Å². The van der Waals surface area contributed by atoms with E-state index in [1.54, 1.807) is 68.6 Å². The Bertz CT molecular complexity index is 4540. The highest BCUT2D eigenvalue weighted by molar-refractivity contribution is 7.80. The molecule has 0 spiro atoms. The molecule has 13 atom stereocenters. The molecule has 120 heavy (non-hydrogen) atoms. The Balaban J connectivity index is 1.47. The number of carbonyl (C=O) groups is 19. The van der Waals surface area contributed by atoms with Crippen molar-refractivity contribution in [1.82, 2.24) is 79.1 Å². The number of nitrogens with one attached hydrogen (secondary N) is 15. The van der Waals surface area contributed by atoms with E-state index in [1.165, 1.54) is 30.5 Å². The molecule has 44 heteroatoms. The normalized spacial score (nSPS) is 14.4. The maximum atomic E-state index is 15.2.